The maximum absolute atomic E-state index is 5.48. The van der Waals surface area contributed by atoms with Crippen LogP contribution in [0.4, 0.5) is 0 Å². The molecule has 0 aliphatic carbocycles. The third-order valence-corrected chi connectivity index (χ3v) is 3.33. The monoisotopic (exact) mass is 292 g/mol. The van der Waals surface area contributed by atoms with Crippen LogP contribution in [0.1, 0.15) is 11.6 Å². The van der Waals surface area contributed by atoms with E-state index in [0.717, 1.165) is 17.3 Å². The second-order valence-electron chi connectivity index (χ2n) is 5.65. The molecule has 5 nitrogen and oxygen atoms in total. The van der Waals surface area contributed by atoms with Crippen LogP contribution in [0, 0.1) is 0 Å². The van der Waals surface area contributed by atoms with Crippen molar-refractivity contribution in [2.45, 2.75) is 6.04 Å². The van der Waals surface area contributed by atoms with Crippen molar-refractivity contribution in [2.24, 2.45) is 4.99 Å². The molecule has 0 amide bonds. The summed E-state index contributed by atoms with van der Waals surface area (Å²) < 4.78 is 5.48. The van der Waals surface area contributed by atoms with Crippen molar-refractivity contribution >= 4 is 5.96 Å². The fourth-order valence-corrected chi connectivity index (χ4v) is 2.33. The van der Waals surface area contributed by atoms with Gasteiger partial charge in [0.15, 0.2) is 5.96 Å². The molecule has 0 fully saturated rings. The predicted octanol–water partition coefficient (Wildman–Crippen LogP) is 1.78. The SMILES string of the molecule is COc1ccccc1C(CN=C(N(C)C)N(C)C)N(C)C. The Morgan fingerprint density at radius 2 is 1.62 bits per heavy atom. The van der Waals surface area contributed by atoms with E-state index in [2.05, 4.69) is 25.1 Å². The van der Waals surface area contributed by atoms with Gasteiger partial charge in [-0.3, -0.25) is 4.99 Å². The Labute approximate surface area is 128 Å². The van der Waals surface area contributed by atoms with E-state index in [1.807, 2.05) is 56.2 Å². The van der Waals surface area contributed by atoms with E-state index >= 15 is 0 Å². The number of guanidine groups is 1. The zero-order chi connectivity index (χ0) is 16.0. The molecule has 0 saturated carbocycles. The molecule has 0 bridgehead atoms. The zero-order valence-corrected chi connectivity index (χ0v) is 14.3. The van der Waals surface area contributed by atoms with Gasteiger partial charge in [0.05, 0.1) is 19.7 Å². The lowest BCUT2D eigenvalue weighted by molar-refractivity contribution is 0.293. The number of hydrogen-bond acceptors (Lipinski definition) is 3. The van der Waals surface area contributed by atoms with Gasteiger partial charge in [-0.1, -0.05) is 18.2 Å². The highest BCUT2D eigenvalue weighted by molar-refractivity contribution is 5.79. The average molecular weight is 292 g/mol. The Morgan fingerprint density at radius 3 is 2.10 bits per heavy atom. The van der Waals surface area contributed by atoms with Crippen molar-refractivity contribution in [3.63, 3.8) is 0 Å². The normalized spacial score (nSPS) is 12.0. The van der Waals surface area contributed by atoms with E-state index in [9.17, 15) is 0 Å². The smallest absolute Gasteiger partial charge is 0.195 e. The van der Waals surface area contributed by atoms with Crippen molar-refractivity contribution < 1.29 is 4.74 Å². The predicted molar refractivity (Wildman–Crippen MR) is 89.1 cm³/mol. The van der Waals surface area contributed by atoms with Gasteiger partial charge in [-0.25, -0.2) is 0 Å². The number of ether oxygens (including phenoxy) is 1. The minimum Gasteiger partial charge on any atom is -0.496 e. The Balaban J connectivity index is 3.06. The second kappa shape index (κ2) is 7.88. The Morgan fingerprint density at radius 1 is 1.05 bits per heavy atom. The number of nitrogens with zero attached hydrogens (tertiary/aromatic N) is 4. The number of rotatable bonds is 5. The van der Waals surface area contributed by atoms with Gasteiger partial charge >= 0.3 is 0 Å². The number of hydrogen-bond donors (Lipinski definition) is 0. The lowest BCUT2D eigenvalue weighted by Crippen LogP contribution is -2.36. The first kappa shape index (κ1) is 17.3. The van der Waals surface area contributed by atoms with Crippen LogP contribution in [-0.2, 0) is 0 Å². The molecule has 1 aromatic rings. The molecule has 1 aromatic carbocycles. The zero-order valence-electron chi connectivity index (χ0n) is 14.3. The quantitative estimate of drug-likeness (QED) is 0.611. The van der Waals surface area contributed by atoms with Crippen molar-refractivity contribution in [1.82, 2.24) is 14.7 Å². The standard InChI is InChI=1S/C16H28N4O/c1-18(2)14(12-17-16(19(3)4)20(5)6)13-10-8-9-11-15(13)21-7/h8-11,14H,12H2,1-7H3. The van der Waals surface area contributed by atoms with Crippen LogP contribution < -0.4 is 4.74 Å². The second-order valence-corrected chi connectivity index (χ2v) is 5.65. The molecule has 118 valence electrons. The van der Waals surface area contributed by atoms with Gasteiger partial charge in [0, 0.05) is 33.8 Å². The summed E-state index contributed by atoms with van der Waals surface area (Å²) >= 11 is 0. The molecule has 1 atom stereocenters. The van der Waals surface area contributed by atoms with Crippen LogP contribution in [0.15, 0.2) is 29.3 Å². The van der Waals surface area contributed by atoms with E-state index in [4.69, 9.17) is 9.73 Å². The number of para-hydroxylation sites is 1. The summed E-state index contributed by atoms with van der Waals surface area (Å²) in [5, 5.41) is 0. The molecule has 0 radical (unpaired) electrons. The van der Waals surface area contributed by atoms with Crippen LogP contribution in [0.5, 0.6) is 5.75 Å². The molecule has 0 N–H and O–H groups in total. The van der Waals surface area contributed by atoms with Crippen molar-refractivity contribution in [3.05, 3.63) is 29.8 Å². The highest BCUT2D eigenvalue weighted by atomic mass is 16.5. The van der Waals surface area contributed by atoms with Crippen molar-refractivity contribution in [3.8, 4) is 5.75 Å². The van der Waals surface area contributed by atoms with Crippen LogP contribution in [0.2, 0.25) is 0 Å². The van der Waals surface area contributed by atoms with Crippen LogP contribution in [0.3, 0.4) is 0 Å². The third kappa shape index (κ3) is 4.63. The van der Waals surface area contributed by atoms with E-state index in [-0.39, 0.29) is 6.04 Å². The molecule has 0 aliphatic rings. The summed E-state index contributed by atoms with van der Waals surface area (Å²) in [7, 11) is 13.9. The number of benzene rings is 1. The van der Waals surface area contributed by atoms with E-state index in [1.54, 1.807) is 7.11 Å². The molecule has 0 aromatic heterocycles. The summed E-state index contributed by atoms with van der Waals surface area (Å²) in [6.45, 7) is 0.680. The first-order valence-electron chi connectivity index (χ1n) is 7.07. The lowest BCUT2D eigenvalue weighted by atomic mass is 10.0. The van der Waals surface area contributed by atoms with Crippen LogP contribution in [0.25, 0.3) is 0 Å². The van der Waals surface area contributed by atoms with E-state index in [0.29, 0.717) is 6.54 Å². The number of aliphatic imine (C=N–C) groups is 1. The Kier molecular flexibility index (Phi) is 6.49. The van der Waals surface area contributed by atoms with E-state index < -0.39 is 0 Å². The fourth-order valence-electron chi connectivity index (χ4n) is 2.33. The first-order valence-corrected chi connectivity index (χ1v) is 7.07. The van der Waals surface area contributed by atoms with Gasteiger partial charge in [-0.2, -0.15) is 0 Å². The molecule has 5 heteroatoms. The van der Waals surface area contributed by atoms with Gasteiger partial charge in [0.25, 0.3) is 0 Å². The number of methoxy groups -OCH3 is 1. The molecule has 21 heavy (non-hydrogen) atoms. The number of likely N-dealkylation sites (N-methyl/N-ethyl adjacent to an activating group) is 1. The van der Waals surface area contributed by atoms with E-state index in [1.165, 1.54) is 0 Å². The van der Waals surface area contributed by atoms with Gasteiger partial charge in [0.2, 0.25) is 0 Å². The summed E-state index contributed by atoms with van der Waals surface area (Å²) in [6, 6.07) is 8.30. The first-order chi connectivity index (χ1) is 9.88. The molecule has 1 unspecified atom stereocenters. The average Bonchev–Trinajstić information content (AvgIpc) is 2.42. The minimum absolute atomic E-state index is 0.177. The topological polar surface area (TPSA) is 31.3 Å². The minimum atomic E-state index is 0.177. The van der Waals surface area contributed by atoms with Crippen LogP contribution in [-0.4, -0.2) is 76.6 Å². The molecule has 1 rings (SSSR count). The summed E-state index contributed by atoms with van der Waals surface area (Å²) in [4.78, 5) is 11.0. The summed E-state index contributed by atoms with van der Waals surface area (Å²) in [6.07, 6.45) is 0. The largest absolute Gasteiger partial charge is 0.496 e. The molecule has 0 heterocycles. The third-order valence-electron chi connectivity index (χ3n) is 3.33. The highest BCUT2D eigenvalue weighted by Crippen LogP contribution is 2.28. The van der Waals surface area contributed by atoms with Gasteiger partial charge in [0.1, 0.15) is 5.75 Å². The molecule has 0 saturated heterocycles. The maximum atomic E-state index is 5.48. The lowest BCUT2D eigenvalue weighted by Gasteiger charge is -2.27. The van der Waals surface area contributed by atoms with Gasteiger partial charge in [-0.05, 0) is 20.2 Å². The molecule has 0 aliphatic heterocycles. The molecular formula is C16H28N4O. The van der Waals surface area contributed by atoms with Gasteiger partial charge < -0.3 is 19.4 Å². The molecule has 0 spiro atoms. The summed E-state index contributed by atoms with van der Waals surface area (Å²) in [5.41, 5.74) is 1.16. The van der Waals surface area contributed by atoms with Crippen molar-refractivity contribution in [1.29, 1.82) is 0 Å². The Hall–Kier alpha value is -1.75. The molecular weight excluding hydrogens is 264 g/mol. The highest BCUT2D eigenvalue weighted by Gasteiger charge is 2.18. The maximum Gasteiger partial charge on any atom is 0.195 e. The summed E-state index contributed by atoms with van der Waals surface area (Å²) in [5.74, 6) is 1.86. The van der Waals surface area contributed by atoms with Gasteiger partial charge in [-0.15, -0.1) is 0 Å². The Bertz CT molecular complexity index is 459. The van der Waals surface area contributed by atoms with Crippen LogP contribution >= 0.6 is 0 Å². The fraction of sp³-hybridized carbons (Fsp3) is 0.562. The van der Waals surface area contributed by atoms with Crippen molar-refractivity contribution in [2.75, 3.05) is 55.9 Å².